The third-order valence-electron chi connectivity index (χ3n) is 3.61. The first kappa shape index (κ1) is 14.3. The van der Waals surface area contributed by atoms with Crippen LogP contribution in [0.2, 0.25) is 0 Å². The van der Waals surface area contributed by atoms with Crippen molar-refractivity contribution in [1.29, 1.82) is 0 Å². The predicted molar refractivity (Wildman–Crippen MR) is 78.3 cm³/mol. The summed E-state index contributed by atoms with van der Waals surface area (Å²) in [6.07, 6.45) is 3.12. The highest BCUT2D eigenvalue weighted by Crippen LogP contribution is 2.34. The van der Waals surface area contributed by atoms with E-state index in [0.717, 1.165) is 11.3 Å². The summed E-state index contributed by atoms with van der Waals surface area (Å²) in [5, 5.41) is 8.81. The zero-order valence-electron chi connectivity index (χ0n) is 11.2. The Balaban J connectivity index is 2.16. The van der Waals surface area contributed by atoms with E-state index in [0.29, 0.717) is 12.3 Å². The minimum atomic E-state index is -0.762. The van der Waals surface area contributed by atoms with Crippen molar-refractivity contribution in [2.75, 3.05) is 18.6 Å². The summed E-state index contributed by atoms with van der Waals surface area (Å²) in [7, 11) is 1.64. The number of aliphatic carboxylic acids is 1. The third kappa shape index (κ3) is 3.90. The Morgan fingerprint density at radius 1 is 1.42 bits per heavy atom. The fraction of sp³-hybridized carbons (Fsp3) is 0.533. The minimum Gasteiger partial charge on any atom is -0.496 e. The van der Waals surface area contributed by atoms with Crippen molar-refractivity contribution in [3.05, 3.63) is 29.3 Å². The Bertz CT molecular complexity index is 439. The molecule has 1 aromatic rings. The highest BCUT2D eigenvalue weighted by Gasteiger charge is 2.17. The first-order chi connectivity index (χ1) is 9.20. The third-order valence-corrected chi connectivity index (χ3v) is 4.65. The summed E-state index contributed by atoms with van der Waals surface area (Å²) in [5.41, 5.74) is 2.35. The molecule has 0 unspecified atom stereocenters. The van der Waals surface area contributed by atoms with Crippen LogP contribution < -0.4 is 4.74 Å². The van der Waals surface area contributed by atoms with Gasteiger partial charge in [0, 0.05) is 6.42 Å². The average Bonchev–Trinajstić information content (AvgIpc) is 2.45. The molecule has 1 aromatic carbocycles. The molecule has 0 atom stereocenters. The number of methoxy groups -OCH3 is 1. The number of carbonyl (C=O) groups is 1. The van der Waals surface area contributed by atoms with E-state index >= 15 is 0 Å². The van der Waals surface area contributed by atoms with Gasteiger partial charge in [0.1, 0.15) is 5.75 Å². The second kappa shape index (κ2) is 6.85. The van der Waals surface area contributed by atoms with Crippen LogP contribution in [0.25, 0.3) is 0 Å². The molecule has 2 rings (SSSR count). The largest absolute Gasteiger partial charge is 0.496 e. The zero-order chi connectivity index (χ0) is 13.7. The van der Waals surface area contributed by atoms with Gasteiger partial charge in [-0.15, -0.1) is 0 Å². The molecule has 1 N–H and O–H groups in total. The fourth-order valence-electron chi connectivity index (χ4n) is 2.52. The Kier molecular flexibility index (Phi) is 5.14. The van der Waals surface area contributed by atoms with Gasteiger partial charge >= 0.3 is 5.97 Å². The molecule has 104 valence electrons. The lowest BCUT2D eigenvalue weighted by atomic mass is 9.91. The molecule has 4 heteroatoms. The van der Waals surface area contributed by atoms with Crippen molar-refractivity contribution < 1.29 is 14.6 Å². The molecule has 1 aliphatic heterocycles. The van der Waals surface area contributed by atoms with Gasteiger partial charge in [-0.1, -0.05) is 12.1 Å². The topological polar surface area (TPSA) is 46.5 Å². The van der Waals surface area contributed by atoms with Crippen LogP contribution in [0.15, 0.2) is 18.2 Å². The summed E-state index contributed by atoms with van der Waals surface area (Å²) in [4.78, 5) is 10.7. The van der Waals surface area contributed by atoms with Gasteiger partial charge in [-0.25, -0.2) is 0 Å². The van der Waals surface area contributed by atoms with Crippen molar-refractivity contribution >= 4 is 17.7 Å². The maximum absolute atomic E-state index is 10.7. The molecule has 1 heterocycles. The van der Waals surface area contributed by atoms with Crippen LogP contribution in [-0.2, 0) is 11.2 Å². The van der Waals surface area contributed by atoms with Gasteiger partial charge in [0.2, 0.25) is 0 Å². The molecule has 3 nitrogen and oxygen atoms in total. The second-order valence-corrected chi connectivity index (χ2v) is 6.08. The molecule has 0 spiro atoms. The van der Waals surface area contributed by atoms with Crippen LogP contribution in [0.4, 0.5) is 0 Å². The van der Waals surface area contributed by atoms with Crippen molar-refractivity contribution in [3.8, 4) is 5.75 Å². The standard InChI is InChI=1S/C15H20O3S/c1-18-14-4-2-12(11-6-8-19-9-7-11)10-13(14)3-5-15(16)17/h2,4,10-11H,3,5-9H2,1H3,(H,16,17). The lowest BCUT2D eigenvalue weighted by Crippen LogP contribution is -2.09. The van der Waals surface area contributed by atoms with Crippen LogP contribution in [0, 0.1) is 0 Å². The Morgan fingerprint density at radius 3 is 2.79 bits per heavy atom. The van der Waals surface area contributed by atoms with E-state index in [-0.39, 0.29) is 6.42 Å². The first-order valence-electron chi connectivity index (χ1n) is 6.67. The van der Waals surface area contributed by atoms with Gasteiger partial charge in [-0.3, -0.25) is 4.79 Å². The summed E-state index contributed by atoms with van der Waals surface area (Å²) in [5.74, 6) is 3.11. The van der Waals surface area contributed by atoms with Crippen LogP contribution >= 0.6 is 11.8 Å². The van der Waals surface area contributed by atoms with Crippen molar-refractivity contribution in [2.24, 2.45) is 0 Å². The molecule has 0 amide bonds. The number of aryl methyl sites for hydroxylation is 1. The number of carboxylic acids is 1. The van der Waals surface area contributed by atoms with E-state index in [9.17, 15) is 4.79 Å². The maximum Gasteiger partial charge on any atom is 0.303 e. The van der Waals surface area contributed by atoms with Crippen molar-refractivity contribution in [1.82, 2.24) is 0 Å². The number of hydrogen-bond acceptors (Lipinski definition) is 3. The molecule has 1 saturated heterocycles. The molecule has 0 aliphatic carbocycles. The lowest BCUT2D eigenvalue weighted by Gasteiger charge is -2.22. The molecule has 19 heavy (non-hydrogen) atoms. The number of carboxylic acid groups (broad SMARTS) is 1. The molecular weight excluding hydrogens is 260 g/mol. The van der Waals surface area contributed by atoms with Crippen LogP contribution in [-0.4, -0.2) is 29.7 Å². The van der Waals surface area contributed by atoms with E-state index in [2.05, 4.69) is 12.1 Å². The molecule has 1 fully saturated rings. The Morgan fingerprint density at radius 2 is 2.16 bits per heavy atom. The summed E-state index contributed by atoms with van der Waals surface area (Å²) in [6.45, 7) is 0. The van der Waals surface area contributed by atoms with Gasteiger partial charge in [0.05, 0.1) is 7.11 Å². The quantitative estimate of drug-likeness (QED) is 0.898. The van der Waals surface area contributed by atoms with E-state index in [1.165, 1.54) is 29.9 Å². The highest BCUT2D eigenvalue weighted by atomic mass is 32.2. The second-order valence-electron chi connectivity index (χ2n) is 4.85. The molecule has 1 aliphatic rings. The number of thioether (sulfide) groups is 1. The molecule has 0 bridgehead atoms. The van der Waals surface area contributed by atoms with Gasteiger partial charge in [-0.2, -0.15) is 11.8 Å². The average molecular weight is 280 g/mol. The lowest BCUT2D eigenvalue weighted by molar-refractivity contribution is -0.136. The fourth-order valence-corrected chi connectivity index (χ4v) is 3.63. The maximum atomic E-state index is 10.7. The predicted octanol–water partition coefficient (Wildman–Crippen LogP) is 3.32. The highest BCUT2D eigenvalue weighted by molar-refractivity contribution is 7.99. The number of benzene rings is 1. The molecular formula is C15H20O3S. The van der Waals surface area contributed by atoms with Gasteiger partial charge in [-0.05, 0) is 53.9 Å². The normalized spacial score (nSPS) is 16.3. The summed E-state index contributed by atoms with van der Waals surface area (Å²) >= 11 is 2.02. The number of ether oxygens (including phenoxy) is 1. The Labute approximate surface area is 118 Å². The van der Waals surface area contributed by atoms with Crippen LogP contribution in [0.5, 0.6) is 5.75 Å². The molecule has 0 aromatic heterocycles. The van der Waals surface area contributed by atoms with Crippen LogP contribution in [0.3, 0.4) is 0 Å². The van der Waals surface area contributed by atoms with Gasteiger partial charge < -0.3 is 9.84 Å². The summed E-state index contributed by atoms with van der Waals surface area (Å²) in [6, 6.07) is 6.25. The zero-order valence-corrected chi connectivity index (χ0v) is 12.0. The first-order valence-corrected chi connectivity index (χ1v) is 7.82. The number of rotatable bonds is 5. The monoisotopic (exact) mass is 280 g/mol. The smallest absolute Gasteiger partial charge is 0.303 e. The molecule has 0 radical (unpaired) electrons. The van der Waals surface area contributed by atoms with Gasteiger partial charge in [0.25, 0.3) is 0 Å². The van der Waals surface area contributed by atoms with Crippen molar-refractivity contribution in [2.45, 2.75) is 31.6 Å². The van der Waals surface area contributed by atoms with E-state index < -0.39 is 5.97 Å². The van der Waals surface area contributed by atoms with E-state index in [1.807, 2.05) is 17.8 Å². The Hall–Kier alpha value is -1.16. The summed E-state index contributed by atoms with van der Waals surface area (Å²) < 4.78 is 5.32. The van der Waals surface area contributed by atoms with E-state index in [4.69, 9.17) is 9.84 Å². The van der Waals surface area contributed by atoms with Gasteiger partial charge in [0.15, 0.2) is 0 Å². The SMILES string of the molecule is COc1ccc(C2CCSCC2)cc1CCC(=O)O. The van der Waals surface area contributed by atoms with E-state index in [1.54, 1.807) is 7.11 Å². The minimum absolute atomic E-state index is 0.153. The number of hydrogen-bond donors (Lipinski definition) is 1. The molecule has 0 saturated carbocycles. The van der Waals surface area contributed by atoms with Crippen molar-refractivity contribution in [3.63, 3.8) is 0 Å². The van der Waals surface area contributed by atoms with Crippen LogP contribution in [0.1, 0.15) is 36.3 Å².